The number of nitrogens with one attached hydrogen (secondary N) is 2. The molecule has 3 aromatic rings. The molecule has 5 rings (SSSR count). The van der Waals surface area contributed by atoms with Gasteiger partial charge in [-0.1, -0.05) is 0 Å². The number of fused-ring (bicyclic) bond motifs is 1. The summed E-state index contributed by atoms with van der Waals surface area (Å²) < 4.78 is 22.1. The van der Waals surface area contributed by atoms with Gasteiger partial charge in [-0.15, -0.1) is 0 Å². The lowest BCUT2D eigenvalue weighted by molar-refractivity contribution is -0.0847. The minimum Gasteiger partial charge on any atom is -0.382 e. The molecule has 2 fully saturated rings. The lowest BCUT2D eigenvalue weighted by atomic mass is 10.0. The minimum absolute atomic E-state index is 0.233. The van der Waals surface area contributed by atoms with Gasteiger partial charge in [-0.2, -0.15) is 5.10 Å². The first kappa shape index (κ1) is 19.5. The van der Waals surface area contributed by atoms with Gasteiger partial charge in [0.2, 0.25) is 0 Å². The fourth-order valence-corrected chi connectivity index (χ4v) is 4.55. The SMILES string of the molecule is Cc1c[nH]c2ncc(-c3cnn([C@H]4CCN(C5COC5)C[C@@H]4F)c3)c(NC(C)C)c12. The summed E-state index contributed by atoms with van der Waals surface area (Å²) in [6.07, 6.45) is 7.46. The number of likely N-dealkylation sites (tertiary alicyclic amines) is 1. The van der Waals surface area contributed by atoms with Gasteiger partial charge in [0.1, 0.15) is 11.8 Å². The second-order valence-electron chi connectivity index (χ2n) is 8.81. The average Bonchev–Trinajstić information content (AvgIpc) is 3.28. The first-order valence-electron chi connectivity index (χ1n) is 10.7. The van der Waals surface area contributed by atoms with Crippen molar-refractivity contribution < 1.29 is 9.13 Å². The van der Waals surface area contributed by atoms with E-state index in [4.69, 9.17) is 4.74 Å². The van der Waals surface area contributed by atoms with E-state index < -0.39 is 6.17 Å². The molecule has 0 aliphatic carbocycles. The molecular formula is C22H29FN6O. The molecule has 0 spiro atoms. The summed E-state index contributed by atoms with van der Waals surface area (Å²) in [6.45, 7) is 9.10. The summed E-state index contributed by atoms with van der Waals surface area (Å²) in [5, 5.41) is 9.22. The van der Waals surface area contributed by atoms with E-state index in [1.807, 2.05) is 29.5 Å². The van der Waals surface area contributed by atoms with Crippen molar-refractivity contribution >= 4 is 16.7 Å². The summed E-state index contributed by atoms with van der Waals surface area (Å²) in [6, 6.07) is 0.418. The molecule has 2 aliphatic rings. The van der Waals surface area contributed by atoms with E-state index >= 15 is 4.39 Å². The van der Waals surface area contributed by atoms with Gasteiger partial charge >= 0.3 is 0 Å². The lowest BCUT2D eigenvalue weighted by Crippen LogP contribution is -2.55. The number of ether oxygens (including phenoxy) is 1. The van der Waals surface area contributed by atoms with Crippen LogP contribution < -0.4 is 5.32 Å². The number of anilines is 1. The van der Waals surface area contributed by atoms with Crippen molar-refractivity contribution in [2.75, 3.05) is 31.6 Å². The molecule has 0 bridgehead atoms. The van der Waals surface area contributed by atoms with Crippen LogP contribution in [0.15, 0.2) is 24.8 Å². The molecule has 2 aliphatic heterocycles. The predicted molar refractivity (Wildman–Crippen MR) is 116 cm³/mol. The maximum atomic E-state index is 15.0. The third-order valence-corrected chi connectivity index (χ3v) is 6.26. The Morgan fingerprint density at radius 2 is 2.13 bits per heavy atom. The molecule has 0 radical (unpaired) electrons. The third kappa shape index (κ3) is 3.37. The molecular weight excluding hydrogens is 383 g/mol. The average molecular weight is 413 g/mol. The van der Waals surface area contributed by atoms with E-state index in [0.717, 1.165) is 59.6 Å². The number of piperidine rings is 1. The molecule has 8 heteroatoms. The van der Waals surface area contributed by atoms with Crippen molar-refractivity contribution in [2.24, 2.45) is 0 Å². The van der Waals surface area contributed by atoms with E-state index in [1.54, 1.807) is 0 Å². The van der Waals surface area contributed by atoms with Crippen LogP contribution in [0.25, 0.3) is 22.2 Å². The summed E-state index contributed by atoms with van der Waals surface area (Å²) in [5.41, 5.74) is 5.00. The van der Waals surface area contributed by atoms with Gasteiger partial charge in [-0.25, -0.2) is 9.37 Å². The quantitative estimate of drug-likeness (QED) is 0.671. The molecule has 0 saturated carbocycles. The first-order chi connectivity index (χ1) is 14.5. The number of aromatic nitrogens is 4. The zero-order valence-electron chi connectivity index (χ0n) is 17.7. The fourth-order valence-electron chi connectivity index (χ4n) is 4.55. The van der Waals surface area contributed by atoms with Gasteiger partial charge in [0.25, 0.3) is 0 Å². The van der Waals surface area contributed by atoms with Gasteiger partial charge < -0.3 is 15.0 Å². The smallest absolute Gasteiger partial charge is 0.139 e. The Bertz CT molecular complexity index is 1040. The van der Waals surface area contributed by atoms with Crippen LogP contribution in [0, 0.1) is 6.92 Å². The number of hydrogen-bond donors (Lipinski definition) is 2. The molecule has 30 heavy (non-hydrogen) atoms. The Morgan fingerprint density at radius 1 is 1.30 bits per heavy atom. The first-order valence-corrected chi connectivity index (χ1v) is 10.7. The number of pyridine rings is 1. The molecule has 2 atom stereocenters. The largest absolute Gasteiger partial charge is 0.382 e. The van der Waals surface area contributed by atoms with Crippen LogP contribution in [0.3, 0.4) is 0 Å². The zero-order chi connectivity index (χ0) is 20.8. The number of aryl methyl sites for hydroxylation is 1. The molecule has 160 valence electrons. The van der Waals surface area contributed by atoms with Crippen molar-refractivity contribution in [1.82, 2.24) is 24.6 Å². The lowest BCUT2D eigenvalue weighted by Gasteiger charge is -2.42. The summed E-state index contributed by atoms with van der Waals surface area (Å²) in [5.74, 6) is 0. The Labute approximate surface area is 175 Å². The van der Waals surface area contributed by atoms with Crippen molar-refractivity contribution in [1.29, 1.82) is 0 Å². The number of aromatic amines is 1. The summed E-state index contributed by atoms with van der Waals surface area (Å²) in [4.78, 5) is 10.0. The van der Waals surface area contributed by atoms with Crippen molar-refractivity contribution in [3.63, 3.8) is 0 Å². The number of rotatable bonds is 5. The molecule has 7 nitrogen and oxygen atoms in total. The second kappa shape index (κ2) is 7.67. The third-order valence-electron chi connectivity index (χ3n) is 6.26. The van der Waals surface area contributed by atoms with E-state index in [1.165, 1.54) is 0 Å². The number of nitrogens with zero attached hydrogens (tertiary/aromatic N) is 4. The Kier molecular flexibility index (Phi) is 4.99. The highest BCUT2D eigenvalue weighted by Crippen LogP contribution is 2.36. The maximum Gasteiger partial charge on any atom is 0.139 e. The van der Waals surface area contributed by atoms with E-state index in [0.29, 0.717) is 12.6 Å². The topological polar surface area (TPSA) is 71.0 Å². The monoisotopic (exact) mass is 412 g/mol. The minimum atomic E-state index is -0.937. The van der Waals surface area contributed by atoms with Gasteiger partial charge in [0.15, 0.2) is 0 Å². The molecule has 0 aromatic carbocycles. The highest BCUT2D eigenvalue weighted by Gasteiger charge is 2.36. The summed E-state index contributed by atoms with van der Waals surface area (Å²) in [7, 11) is 0. The Morgan fingerprint density at radius 3 is 2.83 bits per heavy atom. The van der Waals surface area contributed by atoms with Crippen LogP contribution in [0.2, 0.25) is 0 Å². The predicted octanol–water partition coefficient (Wildman–Crippen LogP) is 3.54. The van der Waals surface area contributed by atoms with Crippen LogP contribution >= 0.6 is 0 Å². The molecule has 0 unspecified atom stereocenters. The van der Waals surface area contributed by atoms with E-state index in [-0.39, 0.29) is 12.1 Å². The van der Waals surface area contributed by atoms with E-state index in [2.05, 4.69) is 46.1 Å². The highest BCUT2D eigenvalue weighted by molar-refractivity contribution is 6.00. The van der Waals surface area contributed by atoms with Crippen molar-refractivity contribution in [3.05, 3.63) is 30.4 Å². The molecule has 2 N–H and O–H groups in total. The summed E-state index contributed by atoms with van der Waals surface area (Å²) >= 11 is 0. The Balaban J connectivity index is 1.44. The number of H-pyrrole nitrogens is 1. The van der Waals surface area contributed by atoms with Crippen LogP contribution in [-0.4, -0.2) is 69.2 Å². The zero-order valence-corrected chi connectivity index (χ0v) is 17.7. The molecule has 3 aromatic heterocycles. The number of halogens is 1. The maximum absolute atomic E-state index is 15.0. The number of hydrogen-bond acceptors (Lipinski definition) is 5. The molecule has 5 heterocycles. The van der Waals surface area contributed by atoms with Gasteiger partial charge in [0.05, 0.1) is 37.2 Å². The van der Waals surface area contributed by atoms with Crippen LogP contribution in [0.4, 0.5) is 10.1 Å². The van der Waals surface area contributed by atoms with Gasteiger partial charge in [-0.05, 0) is 32.8 Å². The molecule has 0 amide bonds. The van der Waals surface area contributed by atoms with E-state index in [9.17, 15) is 0 Å². The van der Waals surface area contributed by atoms with Crippen LogP contribution in [0.1, 0.15) is 31.9 Å². The molecule has 2 saturated heterocycles. The normalized spacial score (nSPS) is 23.2. The standard InChI is InChI=1S/C22H29FN6O/c1-13(2)27-21-17(8-25-22-20(21)14(3)6-24-22)15-7-26-29(9-15)19-4-5-28(10-18(19)23)16-11-30-12-16/h6-9,13,16,18-19H,4-5,10-12H2,1-3H3,(H2,24,25,27)/t18-,19-/m0/s1. The van der Waals surface area contributed by atoms with Gasteiger partial charge in [0, 0.05) is 54.2 Å². The Hall–Kier alpha value is -2.45. The van der Waals surface area contributed by atoms with Gasteiger partial charge in [-0.3, -0.25) is 9.58 Å². The van der Waals surface area contributed by atoms with Crippen molar-refractivity contribution in [3.8, 4) is 11.1 Å². The van der Waals surface area contributed by atoms with Crippen LogP contribution in [0.5, 0.6) is 0 Å². The van der Waals surface area contributed by atoms with Crippen LogP contribution in [-0.2, 0) is 4.74 Å². The number of alkyl halides is 1. The highest BCUT2D eigenvalue weighted by atomic mass is 19.1. The fraction of sp³-hybridized carbons (Fsp3) is 0.545. The van der Waals surface area contributed by atoms with Crippen molar-refractivity contribution in [2.45, 2.75) is 51.5 Å². The second-order valence-corrected chi connectivity index (χ2v) is 8.81.